The summed E-state index contributed by atoms with van der Waals surface area (Å²) in [5.41, 5.74) is 4.18. The molecule has 1 aromatic heterocycles. The van der Waals surface area contributed by atoms with Gasteiger partial charge in [0.1, 0.15) is 0 Å². The standard InChI is InChI=1S/C20H22N2O2.ClH/c23-14-17(24)13-21-20-12-16(11-10-15-6-2-1-3-7-15)22-19-9-5-4-8-18(19)20;/h1-9,12,17,23-24H,10-11,13-14H2,(H,21,22);1H. The first-order valence-electron chi connectivity index (χ1n) is 8.21. The van der Waals surface area contributed by atoms with Crippen molar-refractivity contribution in [3.8, 4) is 0 Å². The van der Waals surface area contributed by atoms with E-state index in [1.807, 2.05) is 48.5 Å². The van der Waals surface area contributed by atoms with Crippen LogP contribution in [0.15, 0.2) is 60.7 Å². The van der Waals surface area contributed by atoms with Crippen LogP contribution < -0.4 is 5.32 Å². The van der Waals surface area contributed by atoms with Gasteiger partial charge in [0.05, 0.1) is 18.2 Å². The number of para-hydroxylation sites is 1. The number of benzene rings is 2. The number of hydrogen-bond acceptors (Lipinski definition) is 4. The molecule has 0 bridgehead atoms. The van der Waals surface area contributed by atoms with Crippen molar-refractivity contribution in [3.05, 3.63) is 71.9 Å². The zero-order chi connectivity index (χ0) is 16.8. The highest BCUT2D eigenvalue weighted by atomic mass is 35.5. The van der Waals surface area contributed by atoms with Crippen LogP contribution in [0.1, 0.15) is 11.3 Å². The topological polar surface area (TPSA) is 65.4 Å². The molecule has 1 atom stereocenters. The van der Waals surface area contributed by atoms with E-state index in [0.29, 0.717) is 6.54 Å². The lowest BCUT2D eigenvalue weighted by atomic mass is 10.1. The second kappa shape index (κ2) is 9.37. The predicted octanol–water partition coefficient (Wildman–Crippen LogP) is 3.21. The molecule has 25 heavy (non-hydrogen) atoms. The van der Waals surface area contributed by atoms with Crippen molar-refractivity contribution < 1.29 is 10.2 Å². The molecule has 0 saturated heterocycles. The zero-order valence-electron chi connectivity index (χ0n) is 13.9. The molecular weight excluding hydrogens is 336 g/mol. The van der Waals surface area contributed by atoms with E-state index in [2.05, 4.69) is 17.4 Å². The lowest BCUT2D eigenvalue weighted by Crippen LogP contribution is -2.23. The van der Waals surface area contributed by atoms with Gasteiger partial charge in [-0.25, -0.2) is 0 Å². The van der Waals surface area contributed by atoms with E-state index in [4.69, 9.17) is 10.1 Å². The van der Waals surface area contributed by atoms with Crippen LogP contribution in [0.5, 0.6) is 0 Å². The smallest absolute Gasteiger partial charge is 0.0942 e. The van der Waals surface area contributed by atoms with Crippen LogP contribution in [0, 0.1) is 0 Å². The highest BCUT2D eigenvalue weighted by Crippen LogP contribution is 2.24. The van der Waals surface area contributed by atoms with E-state index in [0.717, 1.165) is 35.1 Å². The van der Waals surface area contributed by atoms with E-state index in [1.165, 1.54) is 5.56 Å². The summed E-state index contributed by atoms with van der Waals surface area (Å²) in [5, 5.41) is 22.8. The molecule has 132 valence electrons. The summed E-state index contributed by atoms with van der Waals surface area (Å²) < 4.78 is 0. The molecule has 0 saturated carbocycles. The van der Waals surface area contributed by atoms with E-state index >= 15 is 0 Å². The Morgan fingerprint density at radius 2 is 1.68 bits per heavy atom. The normalized spacial score (nSPS) is 11.8. The molecule has 0 aliphatic carbocycles. The largest absolute Gasteiger partial charge is 0.394 e. The quantitative estimate of drug-likeness (QED) is 0.606. The van der Waals surface area contributed by atoms with Gasteiger partial charge in [-0.15, -0.1) is 12.4 Å². The number of anilines is 1. The minimum Gasteiger partial charge on any atom is -0.394 e. The third kappa shape index (κ3) is 5.16. The molecule has 3 aromatic rings. The first-order chi connectivity index (χ1) is 11.8. The summed E-state index contributed by atoms with van der Waals surface area (Å²) in [5.74, 6) is 0. The zero-order valence-corrected chi connectivity index (χ0v) is 14.7. The molecule has 1 unspecified atom stereocenters. The van der Waals surface area contributed by atoms with Crippen LogP contribution in [0.25, 0.3) is 10.9 Å². The number of fused-ring (bicyclic) bond motifs is 1. The maximum absolute atomic E-state index is 9.58. The fraction of sp³-hybridized carbons (Fsp3) is 0.250. The van der Waals surface area contributed by atoms with E-state index in [1.54, 1.807) is 0 Å². The van der Waals surface area contributed by atoms with Crippen LogP contribution in [0.2, 0.25) is 0 Å². The Hall–Kier alpha value is -2.14. The number of nitrogens with one attached hydrogen (secondary N) is 1. The maximum atomic E-state index is 9.58. The van der Waals surface area contributed by atoms with Gasteiger partial charge in [0, 0.05) is 23.3 Å². The summed E-state index contributed by atoms with van der Waals surface area (Å²) in [7, 11) is 0. The first kappa shape index (κ1) is 19.2. The van der Waals surface area contributed by atoms with Gasteiger partial charge in [0.25, 0.3) is 0 Å². The van der Waals surface area contributed by atoms with Gasteiger partial charge in [-0.05, 0) is 30.5 Å². The molecule has 0 radical (unpaired) electrons. The van der Waals surface area contributed by atoms with Crippen LogP contribution in [-0.2, 0) is 12.8 Å². The number of aliphatic hydroxyl groups excluding tert-OH is 2. The van der Waals surface area contributed by atoms with E-state index < -0.39 is 6.10 Å². The fourth-order valence-corrected chi connectivity index (χ4v) is 2.71. The first-order valence-corrected chi connectivity index (χ1v) is 8.21. The lowest BCUT2D eigenvalue weighted by molar-refractivity contribution is 0.105. The van der Waals surface area contributed by atoms with Crippen molar-refractivity contribution in [2.24, 2.45) is 0 Å². The molecule has 0 spiro atoms. The minimum atomic E-state index is -0.773. The van der Waals surface area contributed by atoms with E-state index in [-0.39, 0.29) is 19.0 Å². The van der Waals surface area contributed by atoms with Crippen molar-refractivity contribution in [1.82, 2.24) is 4.98 Å². The molecule has 4 nitrogen and oxygen atoms in total. The number of aliphatic hydroxyl groups is 2. The van der Waals surface area contributed by atoms with Crippen LogP contribution in [-0.4, -0.2) is 34.5 Å². The average Bonchev–Trinajstić information content (AvgIpc) is 2.65. The van der Waals surface area contributed by atoms with Crippen LogP contribution >= 0.6 is 12.4 Å². The molecule has 5 heteroatoms. The highest BCUT2D eigenvalue weighted by molar-refractivity contribution is 5.91. The van der Waals surface area contributed by atoms with Crippen LogP contribution in [0.3, 0.4) is 0 Å². The van der Waals surface area contributed by atoms with Crippen molar-refractivity contribution in [2.75, 3.05) is 18.5 Å². The number of aryl methyl sites for hydroxylation is 2. The number of halogens is 1. The van der Waals surface area contributed by atoms with Crippen molar-refractivity contribution in [1.29, 1.82) is 0 Å². The number of aromatic nitrogens is 1. The predicted molar refractivity (Wildman–Crippen MR) is 104 cm³/mol. The molecule has 0 aliphatic heterocycles. The summed E-state index contributed by atoms with van der Waals surface area (Å²) in [6.07, 6.45) is 1.02. The second-order valence-electron chi connectivity index (χ2n) is 5.88. The Bertz CT molecular complexity index is 796. The molecule has 0 aliphatic rings. The van der Waals surface area contributed by atoms with Gasteiger partial charge in [0.2, 0.25) is 0 Å². The summed E-state index contributed by atoms with van der Waals surface area (Å²) in [6, 6.07) is 20.4. The molecule has 2 aromatic carbocycles. The summed E-state index contributed by atoms with van der Waals surface area (Å²) >= 11 is 0. The average molecular weight is 359 g/mol. The van der Waals surface area contributed by atoms with Gasteiger partial charge < -0.3 is 15.5 Å². The van der Waals surface area contributed by atoms with Crippen molar-refractivity contribution in [2.45, 2.75) is 18.9 Å². The van der Waals surface area contributed by atoms with Gasteiger partial charge in [-0.3, -0.25) is 4.98 Å². The van der Waals surface area contributed by atoms with Crippen molar-refractivity contribution in [3.63, 3.8) is 0 Å². The van der Waals surface area contributed by atoms with Gasteiger partial charge in [-0.2, -0.15) is 0 Å². The number of rotatable bonds is 7. The van der Waals surface area contributed by atoms with Gasteiger partial charge >= 0.3 is 0 Å². The van der Waals surface area contributed by atoms with Gasteiger partial charge in [0.15, 0.2) is 0 Å². The summed E-state index contributed by atoms with van der Waals surface area (Å²) in [4.78, 5) is 4.75. The highest BCUT2D eigenvalue weighted by Gasteiger charge is 2.08. The Labute approximate surface area is 154 Å². The maximum Gasteiger partial charge on any atom is 0.0942 e. The van der Waals surface area contributed by atoms with E-state index in [9.17, 15) is 5.11 Å². The molecular formula is C20H23ClN2O2. The number of pyridine rings is 1. The number of hydrogen-bond donors (Lipinski definition) is 3. The number of nitrogens with zero attached hydrogens (tertiary/aromatic N) is 1. The molecule has 0 fully saturated rings. The molecule has 3 rings (SSSR count). The minimum absolute atomic E-state index is 0. The third-order valence-corrected chi connectivity index (χ3v) is 4.02. The van der Waals surface area contributed by atoms with Gasteiger partial charge in [-0.1, -0.05) is 48.5 Å². The second-order valence-corrected chi connectivity index (χ2v) is 5.88. The lowest BCUT2D eigenvalue weighted by Gasteiger charge is -2.14. The molecule has 0 amide bonds. The molecule has 3 N–H and O–H groups in total. The fourth-order valence-electron chi connectivity index (χ4n) is 2.71. The Balaban J connectivity index is 0.00000225. The molecule has 1 heterocycles. The monoisotopic (exact) mass is 358 g/mol. The summed E-state index contributed by atoms with van der Waals surface area (Å²) in [6.45, 7) is 0.0551. The SMILES string of the molecule is Cl.OCC(O)CNc1cc(CCc2ccccc2)nc2ccccc12. The van der Waals surface area contributed by atoms with Crippen molar-refractivity contribution >= 4 is 29.0 Å². The third-order valence-electron chi connectivity index (χ3n) is 4.02. The Kier molecular flexibility index (Phi) is 7.19. The Morgan fingerprint density at radius 1 is 0.960 bits per heavy atom. The van der Waals surface area contributed by atoms with Crippen LogP contribution in [0.4, 0.5) is 5.69 Å². The Morgan fingerprint density at radius 3 is 2.44 bits per heavy atom.